The Morgan fingerprint density at radius 2 is 1.65 bits per heavy atom. The van der Waals surface area contributed by atoms with Gasteiger partial charge in [-0.1, -0.05) is 24.3 Å². The van der Waals surface area contributed by atoms with E-state index in [4.69, 9.17) is 13.5 Å². The fourth-order valence-electron chi connectivity index (χ4n) is 2.66. The molecular weight excluding hydrogens is 432 g/mol. The lowest BCUT2D eigenvalue weighted by molar-refractivity contribution is -0.136. The zero-order chi connectivity index (χ0) is 23.0. The van der Waals surface area contributed by atoms with Crippen LogP contribution in [0.2, 0.25) is 0 Å². The molecular formula is C23H24N2O4S2. The Balaban J connectivity index is 2.57. The van der Waals surface area contributed by atoms with E-state index in [2.05, 4.69) is 12.1 Å². The van der Waals surface area contributed by atoms with Crippen molar-refractivity contribution >= 4 is 30.1 Å². The highest BCUT2D eigenvalue weighted by Gasteiger charge is 2.22. The van der Waals surface area contributed by atoms with Crippen LogP contribution in [-0.2, 0) is 19.6 Å². The van der Waals surface area contributed by atoms with Crippen LogP contribution in [0.15, 0.2) is 40.1 Å². The van der Waals surface area contributed by atoms with Gasteiger partial charge in [0.15, 0.2) is 0 Å². The number of hydrogen-bond acceptors (Lipinski definition) is 7. The number of aliphatic carboxylic acids is 1. The van der Waals surface area contributed by atoms with E-state index >= 15 is 0 Å². The molecule has 6 nitrogen and oxygen atoms in total. The molecule has 1 N–H and O–H groups in total. The van der Waals surface area contributed by atoms with Gasteiger partial charge >= 0.3 is 5.97 Å². The summed E-state index contributed by atoms with van der Waals surface area (Å²) in [4.78, 5) is 12.1. The molecule has 0 amide bonds. The number of carboxylic acids is 1. The second-order valence-electron chi connectivity index (χ2n) is 7.27. The molecule has 0 radical (unpaired) electrons. The van der Waals surface area contributed by atoms with Gasteiger partial charge < -0.3 is 13.5 Å². The number of hydrogen-bond donors (Lipinski definition) is 1. The van der Waals surface area contributed by atoms with Gasteiger partial charge in [-0.2, -0.15) is 10.5 Å². The monoisotopic (exact) mass is 456 g/mol. The van der Waals surface area contributed by atoms with E-state index < -0.39 is 5.97 Å². The molecule has 0 fully saturated rings. The maximum Gasteiger partial charge on any atom is 0.303 e. The van der Waals surface area contributed by atoms with Crippen LogP contribution in [0, 0.1) is 22.7 Å². The summed E-state index contributed by atoms with van der Waals surface area (Å²) in [5, 5.41) is 28.7. The zero-order valence-corrected chi connectivity index (χ0v) is 19.5. The van der Waals surface area contributed by atoms with Crippen molar-refractivity contribution in [1.82, 2.24) is 0 Å². The van der Waals surface area contributed by atoms with E-state index in [0.717, 1.165) is 29.6 Å². The maximum absolute atomic E-state index is 10.8. The number of carboxylic acid groups (broad SMARTS) is 1. The van der Waals surface area contributed by atoms with Crippen molar-refractivity contribution in [3.8, 4) is 23.3 Å². The summed E-state index contributed by atoms with van der Waals surface area (Å²) < 4.78 is 11.4. The number of nitriles is 2. The van der Waals surface area contributed by atoms with Gasteiger partial charge in [0.1, 0.15) is 6.07 Å². The van der Waals surface area contributed by atoms with E-state index in [-0.39, 0.29) is 18.6 Å². The third kappa shape index (κ3) is 7.02. The minimum atomic E-state index is -0.855. The molecule has 2 rings (SSSR count). The van der Waals surface area contributed by atoms with E-state index in [1.54, 1.807) is 6.07 Å². The molecule has 0 saturated carbocycles. The molecule has 0 bridgehead atoms. The van der Waals surface area contributed by atoms with E-state index in [0.29, 0.717) is 38.5 Å². The highest BCUT2D eigenvalue weighted by Crippen LogP contribution is 2.42. The fourth-order valence-corrected chi connectivity index (χ4v) is 4.17. The number of carbonyl (C=O) groups is 1. The molecule has 162 valence electrons. The molecule has 0 saturated heterocycles. The molecule has 0 heterocycles. The van der Waals surface area contributed by atoms with Crippen LogP contribution >= 0.6 is 24.1 Å². The summed E-state index contributed by atoms with van der Waals surface area (Å²) in [6.45, 7) is 7.61. The topological polar surface area (TPSA) is 103 Å². The van der Waals surface area contributed by atoms with Crippen LogP contribution < -0.4 is 0 Å². The lowest BCUT2D eigenvalue weighted by Gasteiger charge is -2.17. The summed E-state index contributed by atoms with van der Waals surface area (Å²) >= 11 is 2.23. The van der Waals surface area contributed by atoms with Crippen molar-refractivity contribution in [2.45, 2.75) is 62.5 Å². The molecule has 0 atom stereocenters. The second kappa shape index (κ2) is 11.8. The summed E-state index contributed by atoms with van der Waals surface area (Å²) in [5.41, 5.74) is 2.81. The first-order chi connectivity index (χ1) is 14.8. The number of nitrogens with zero attached hydrogens (tertiary/aromatic N) is 2. The summed E-state index contributed by atoms with van der Waals surface area (Å²) in [6, 6.07) is 13.4. The van der Waals surface area contributed by atoms with Crippen molar-refractivity contribution in [1.29, 1.82) is 10.5 Å². The van der Waals surface area contributed by atoms with Crippen molar-refractivity contribution in [2.75, 3.05) is 0 Å². The predicted molar refractivity (Wildman–Crippen MR) is 121 cm³/mol. The van der Waals surface area contributed by atoms with Gasteiger partial charge in [0.05, 0.1) is 39.2 Å². The van der Waals surface area contributed by atoms with Gasteiger partial charge in [-0.25, -0.2) is 0 Å². The van der Waals surface area contributed by atoms with Crippen molar-refractivity contribution < 1.29 is 18.3 Å². The zero-order valence-electron chi connectivity index (χ0n) is 17.8. The molecule has 31 heavy (non-hydrogen) atoms. The minimum absolute atomic E-state index is 0.0389. The lowest BCUT2D eigenvalue weighted by Crippen LogP contribution is -2.01. The van der Waals surface area contributed by atoms with Gasteiger partial charge in [0.2, 0.25) is 0 Å². The fraction of sp³-hybridized carbons (Fsp3) is 0.348. The van der Waals surface area contributed by atoms with Crippen LogP contribution in [0.1, 0.15) is 50.8 Å². The molecule has 2 aromatic carbocycles. The van der Waals surface area contributed by atoms with Gasteiger partial charge in [-0.05, 0) is 51.3 Å². The lowest BCUT2D eigenvalue weighted by atomic mass is 9.94. The normalized spacial score (nSPS) is 10.8. The Labute approximate surface area is 191 Å². The van der Waals surface area contributed by atoms with E-state index in [1.165, 1.54) is 0 Å². The molecule has 8 heteroatoms. The SMILES string of the molecule is CC(C)OSc1cc(C#N)c(-c2ccc(CCC(=O)O)cc2)c(C#N)c1SOC(C)C. The second-order valence-corrected chi connectivity index (χ2v) is 8.84. The summed E-state index contributed by atoms with van der Waals surface area (Å²) in [7, 11) is 0. The van der Waals surface area contributed by atoms with E-state index in [1.807, 2.05) is 52.0 Å². The Morgan fingerprint density at radius 3 is 2.16 bits per heavy atom. The quantitative estimate of drug-likeness (QED) is 0.436. The van der Waals surface area contributed by atoms with Crippen molar-refractivity contribution in [3.63, 3.8) is 0 Å². The van der Waals surface area contributed by atoms with Crippen LogP contribution in [0.3, 0.4) is 0 Å². The van der Waals surface area contributed by atoms with Gasteiger partial charge in [-0.3, -0.25) is 4.79 Å². The molecule has 0 aliphatic heterocycles. The first kappa shape index (κ1) is 24.8. The third-order valence-corrected chi connectivity index (χ3v) is 6.19. The highest BCUT2D eigenvalue weighted by molar-refractivity contribution is 7.97. The molecule has 0 unspecified atom stereocenters. The number of benzene rings is 2. The van der Waals surface area contributed by atoms with Crippen LogP contribution in [0.5, 0.6) is 0 Å². The predicted octanol–water partition coefficient (Wildman–Crippen LogP) is 5.98. The van der Waals surface area contributed by atoms with Crippen molar-refractivity contribution in [2.24, 2.45) is 0 Å². The van der Waals surface area contributed by atoms with Gasteiger partial charge in [0.25, 0.3) is 0 Å². The average Bonchev–Trinajstić information content (AvgIpc) is 2.74. The molecule has 0 spiro atoms. The minimum Gasteiger partial charge on any atom is -0.481 e. The first-order valence-electron chi connectivity index (χ1n) is 9.75. The Kier molecular flexibility index (Phi) is 9.42. The smallest absolute Gasteiger partial charge is 0.303 e. The molecule has 0 aliphatic rings. The Bertz CT molecular complexity index is 1010. The van der Waals surface area contributed by atoms with Gasteiger partial charge in [0, 0.05) is 36.1 Å². The molecule has 2 aromatic rings. The maximum atomic E-state index is 10.8. The standard InChI is InChI=1S/C23H24N2O4S2/c1-14(2)28-30-20-11-18(12-24)22(19(13-25)23(20)31-29-15(3)4)17-8-5-16(6-9-17)7-10-21(26)27/h5-6,8-9,11,14-15H,7,10H2,1-4H3,(H,26,27). The molecule has 0 aromatic heterocycles. The van der Waals surface area contributed by atoms with Crippen LogP contribution in [0.25, 0.3) is 11.1 Å². The molecule has 0 aliphatic carbocycles. The Morgan fingerprint density at radius 1 is 1.03 bits per heavy atom. The Hall–Kier alpha value is -2.49. The summed E-state index contributed by atoms with van der Waals surface area (Å²) in [5.74, 6) is -0.855. The largest absolute Gasteiger partial charge is 0.481 e. The summed E-state index contributed by atoms with van der Waals surface area (Å²) in [6.07, 6.45) is 0.356. The van der Waals surface area contributed by atoms with E-state index in [9.17, 15) is 15.3 Å². The number of rotatable bonds is 10. The number of aryl methyl sites for hydroxylation is 1. The van der Waals surface area contributed by atoms with Crippen LogP contribution in [0.4, 0.5) is 0 Å². The third-order valence-electron chi connectivity index (χ3n) is 4.00. The highest BCUT2D eigenvalue weighted by atomic mass is 32.2. The first-order valence-corrected chi connectivity index (χ1v) is 11.2. The van der Waals surface area contributed by atoms with Crippen molar-refractivity contribution in [3.05, 3.63) is 47.0 Å². The van der Waals surface area contributed by atoms with Crippen LogP contribution in [-0.4, -0.2) is 23.3 Å². The average molecular weight is 457 g/mol. The van der Waals surface area contributed by atoms with Gasteiger partial charge in [-0.15, -0.1) is 0 Å².